The summed E-state index contributed by atoms with van der Waals surface area (Å²) in [4.78, 5) is 13.5. The molecule has 5 nitrogen and oxygen atoms in total. The Balaban J connectivity index is 1.51. The molecule has 0 aromatic heterocycles. The first-order valence-corrected chi connectivity index (χ1v) is 13.2. The maximum atomic E-state index is 13.9. The number of rotatable bonds is 10. The number of amides is 1. The third-order valence-electron chi connectivity index (χ3n) is 6.96. The van der Waals surface area contributed by atoms with Crippen molar-refractivity contribution in [1.82, 2.24) is 10.6 Å². The zero-order chi connectivity index (χ0) is 27.3. The largest absolute Gasteiger partial charge is 0.487 e. The van der Waals surface area contributed by atoms with Crippen LogP contribution >= 0.6 is 0 Å². The topological polar surface area (TPSA) is 70.6 Å². The lowest BCUT2D eigenvalue weighted by Gasteiger charge is -2.34. The zero-order valence-electron chi connectivity index (χ0n) is 22.2. The van der Waals surface area contributed by atoms with Crippen molar-refractivity contribution < 1.29 is 23.4 Å². The van der Waals surface area contributed by atoms with Gasteiger partial charge in [0.25, 0.3) is 5.91 Å². The fourth-order valence-corrected chi connectivity index (χ4v) is 4.82. The number of carbonyl (C=O) groups is 1. The SMILES string of the molecule is CCc1cccc(CNC[C@H](O)[C@H](Cc2cc(F)cc(F)c2)NC(=O)c2cccc3c2OC(C)(C)CC3)c1. The molecule has 4 rings (SSSR count). The third-order valence-corrected chi connectivity index (χ3v) is 6.96. The first-order valence-electron chi connectivity index (χ1n) is 13.2. The van der Waals surface area contributed by atoms with Crippen molar-refractivity contribution >= 4 is 5.91 Å². The minimum atomic E-state index is -1.02. The Kier molecular flexibility index (Phi) is 8.80. The molecule has 202 valence electrons. The third kappa shape index (κ3) is 7.17. The molecule has 0 radical (unpaired) electrons. The van der Waals surface area contributed by atoms with Gasteiger partial charge in [0.1, 0.15) is 23.0 Å². The monoisotopic (exact) mass is 522 g/mol. The molecule has 0 aliphatic carbocycles. The number of halogens is 2. The summed E-state index contributed by atoms with van der Waals surface area (Å²) >= 11 is 0. The van der Waals surface area contributed by atoms with E-state index in [9.17, 15) is 18.7 Å². The minimum absolute atomic E-state index is 0.0515. The molecule has 7 heteroatoms. The van der Waals surface area contributed by atoms with Crippen molar-refractivity contribution in [2.24, 2.45) is 0 Å². The number of benzene rings is 3. The van der Waals surface area contributed by atoms with Gasteiger partial charge >= 0.3 is 0 Å². The first-order chi connectivity index (χ1) is 18.1. The number of aliphatic hydroxyl groups is 1. The predicted molar refractivity (Wildman–Crippen MR) is 144 cm³/mol. The van der Waals surface area contributed by atoms with Crippen molar-refractivity contribution in [3.05, 3.63) is 100 Å². The van der Waals surface area contributed by atoms with Crippen LogP contribution in [-0.4, -0.2) is 35.3 Å². The lowest BCUT2D eigenvalue weighted by atomic mass is 9.92. The van der Waals surface area contributed by atoms with Crippen LogP contribution in [0.4, 0.5) is 8.78 Å². The van der Waals surface area contributed by atoms with Crippen LogP contribution in [-0.2, 0) is 25.8 Å². The van der Waals surface area contributed by atoms with Crippen LogP contribution in [0.5, 0.6) is 5.75 Å². The number of hydrogen-bond donors (Lipinski definition) is 3. The van der Waals surface area contributed by atoms with E-state index in [1.165, 1.54) is 17.7 Å². The van der Waals surface area contributed by atoms with Gasteiger partial charge in [-0.15, -0.1) is 0 Å². The van der Waals surface area contributed by atoms with Crippen LogP contribution in [0.15, 0.2) is 60.7 Å². The van der Waals surface area contributed by atoms with Crippen LogP contribution < -0.4 is 15.4 Å². The van der Waals surface area contributed by atoms with Crippen LogP contribution in [0, 0.1) is 11.6 Å². The fourth-order valence-electron chi connectivity index (χ4n) is 4.82. The van der Waals surface area contributed by atoms with E-state index in [4.69, 9.17) is 4.74 Å². The molecule has 0 unspecified atom stereocenters. The normalized spacial score (nSPS) is 15.7. The molecule has 0 saturated carbocycles. The van der Waals surface area contributed by atoms with E-state index in [-0.39, 0.29) is 13.0 Å². The summed E-state index contributed by atoms with van der Waals surface area (Å²) in [5.41, 5.74) is 3.58. The van der Waals surface area contributed by atoms with E-state index < -0.39 is 35.3 Å². The molecule has 2 atom stereocenters. The van der Waals surface area contributed by atoms with Crippen molar-refractivity contribution in [2.45, 2.75) is 70.7 Å². The summed E-state index contributed by atoms with van der Waals surface area (Å²) in [6.45, 7) is 6.77. The summed E-state index contributed by atoms with van der Waals surface area (Å²) in [7, 11) is 0. The average Bonchev–Trinajstić information content (AvgIpc) is 2.87. The summed E-state index contributed by atoms with van der Waals surface area (Å²) < 4.78 is 34.0. The molecule has 1 aliphatic rings. The van der Waals surface area contributed by atoms with Gasteiger partial charge in [0.15, 0.2) is 0 Å². The molecule has 1 aliphatic heterocycles. The van der Waals surface area contributed by atoms with Gasteiger partial charge in [-0.1, -0.05) is 43.3 Å². The predicted octanol–water partition coefficient (Wildman–Crippen LogP) is 5.12. The maximum absolute atomic E-state index is 13.9. The Morgan fingerprint density at radius 3 is 2.47 bits per heavy atom. The Hall–Kier alpha value is -3.29. The van der Waals surface area contributed by atoms with Crippen LogP contribution in [0.3, 0.4) is 0 Å². The Bertz CT molecular complexity index is 1260. The number of ether oxygens (including phenoxy) is 1. The second-order valence-corrected chi connectivity index (χ2v) is 10.6. The minimum Gasteiger partial charge on any atom is -0.487 e. The van der Waals surface area contributed by atoms with Crippen LogP contribution in [0.25, 0.3) is 0 Å². The van der Waals surface area contributed by atoms with E-state index in [0.717, 1.165) is 36.5 Å². The molecule has 0 spiro atoms. The van der Waals surface area contributed by atoms with E-state index in [1.807, 2.05) is 38.1 Å². The number of aliphatic hydroxyl groups excluding tert-OH is 1. The number of para-hydroxylation sites is 1. The molecule has 38 heavy (non-hydrogen) atoms. The summed E-state index contributed by atoms with van der Waals surface area (Å²) in [5, 5.41) is 17.3. The smallest absolute Gasteiger partial charge is 0.255 e. The quantitative estimate of drug-likeness (QED) is 0.346. The number of hydrogen-bond acceptors (Lipinski definition) is 4. The second-order valence-electron chi connectivity index (χ2n) is 10.6. The van der Waals surface area contributed by atoms with Gasteiger partial charge in [-0.05, 0) is 80.0 Å². The van der Waals surface area contributed by atoms with Gasteiger partial charge in [-0.25, -0.2) is 8.78 Å². The van der Waals surface area contributed by atoms with E-state index in [2.05, 4.69) is 29.7 Å². The highest BCUT2D eigenvalue weighted by atomic mass is 19.1. The molecule has 0 saturated heterocycles. The molecule has 0 fully saturated rings. The van der Waals surface area contributed by atoms with Crippen molar-refractivity contribution in [2.75, 3.05) is 6.54 Å². The molecule has 3 N–H and O–H groups in total. The van der Waals surface area contributed by atoms with Gasteiger partial charge in [0, 0.05) is 19.2 Å². The Morgan fingerprint density at radius 2 is 1.74 bits per heavy atom. The fraction of sp³-hybridized carbons (Fsp3) is 0.387. The molecule has 3 aromatic carbocycles. The number of carbonyl (C=O) groups excluding carboxylic acids is 1. The number of nitrogens with one attached hydrogen (secondary N) is 2. The summed E-state index contributed by atoms with van der Waals surface area (Å²) in [5.74, 6) is -1.28. The number of aryl methyl sites for hydroxylation is 2. The Morgan fingerprint density at radius 1 is 1.03 bits per heavy atom. The highest BCUT2D eigenvalue weighted by molar-refractivity contribution is 5.97. The van der Waals surface area contributed by atoms with Gasteiger partial charge < -0.3 is 20.5 Å². The van der Waals surface area contributed by atoms with Crippen molar-refractivity contribution in [1.29, 1.82) is 0 Å². The lowest BCUT2D eigenvalue weighted by molar-refractivity contribution is 0.0749. The zero-order valence-corrected chi connectivity index (χ0v) is 22.2. The van der Waals surface area contributed by atoms with Crippen molar-refractivity contribution in [3.63, 3.8) is 0 Å². The number of fused-ring (bicyclic) bond motifs is 1. The van der Waals surface area contributed by atoms with E-state index >= 15 is 0 Å². The molecule has 1 amide bonds. The van der Waals surface area contributed by atoms with E-state index in [1.54, 1.807) is 6.07 Å². The maximum Gasteiger partial charge on any atom is 0.255 e. The summed E-state index contributed by atoms with van der Waals surface area (Å²) in [6, 6.07) is 16.1. The second kappa shape index (κ2) is 12.0. The average molecular weight is 523 g/mol. The van der Waals surface area contributed by atoms with Gasteiger partial charge in [-0.2, -0.15) is 0 Å². The molecular weight excluding hydrogens is 486 g/mol. The highest BCUT2D eigenvalue weighted by Crippen LogP contribution is 2.35. The summed E-state index contributed by atoms with van der Waals surface area (Å²) in [6.07, 6.45) is 1.59. The van der Waals surface area contributed by atoms with E-state index in [0.29, 0.717) is 23.4 Å². The standard InChI is InChI=1S/C31H36F2N2O3/c1-4-20-7-5-8-21(13-20)18-34-19-28(36)27(16-22-14-24(32)17-25(33)15-22)35-30(37)26-10-6-9-23-11-12-31(2,3)38-29(23)26/h5-10,13-15,17,27-28,34,36H,4,11-12,16,18-19H2,1-3H3,(H,35,37)/t27-,28-/m0/s1. The van der Waals surface area contributed by atoms with Crippen LogP contribution in [0.1, 0.15) is 59.8 Å². The lowest BCUT2D eigenvalue weighted by Crippen LogP contribution is -2.49. The molecular formula is C31H36F2N2O3. The van der Waals surface area contributed by atoms with Gasteiger partial charge in [-0.3, -0.25) is 4.79 Å². The first kappa shape index (κ1) is 27.7. The Labute approximate surface area is 223 Å². The molecule has 1 heterocycles. The van der Waals surface area contributed by atoms with Crippen LogP contribution in [0.2, 0.25) is 0 Å². The van der Waals surface area contributed by atoms with Crippen molar-refractivity contribution in [3.8, 4) is 5.75 Å². The molecule has 0 bridgehead atoms. The molecule has 3 aromatic rings. The van der Waals surface area contributed by atoms with Gasteiger partial charge in [0.2, 0.25) is 0 Å². The van der Waals surface area contributed by atoms with Gasteiger partial charge in [0.05, 0.1) is 17.7 Å². The highest BCUT2D eigenvalue weighted by Gasteiger charge is 2.31.